The van der Waals surface area contributed by atoms with E-state index in [0.29, 0.717) is 12.2 Å². The van der Waals surface area contributed by atoms with Gasteiger partial charge in [0.15, 0.2) is 5.12 Å². The summed E-state index contributed by atoms with van der Waals surface area (Å²) in [6.45, 7) is 9.58. The van der Waals surface area contributed by atoms with Crippen LogP contribution < -0.4 is 10.4 Å². The van der Waals surface area contributed by atoms with Crippen molar-refractivity contribution < 1.29 is 42.8 Å². The molecule has 37 heavy (non-hydrogen) atoms. The number of ether oxygens (including phenoxy) is 2. The van der Waals surface area contributed by atoms with Crippen molar-refractivity contribution in [2.75, 3.05) is 39.7 Å². The molecule has 14 heteroatoms. The van der Waals surface area contributed by atoms with Gasteiger partial charge in [-0.25, -0.2) is 5.09 Å². The molecule has 0 bridgehead atoms. The molecule has 3 N–H and O–H groups in total. The molecule has 1 saturated heterocycles. The normalized spacial score (nSPS) is 18.2. The van der Waals surface area contributed by atoms with Crippen LogP contribution in [0.2, 0.25) is 0 Å². The Morgan fingerprint density at radius 2 is 1.89 bits per heavy atom. The Bertz CT molecular complexity index is 735. The highest BCUT2D eigenvalue weighted by Crippen LogP contribution is 2.35. The van der Waals surface area contributed by atoms with E-state index in [4.69, 9.17) is 23.6 Å². The summed E-state index contributed by atoms with van der Waals surface area (Å²) in [6.07, 6.45) is 3.90. The molecule has 12 nitrogen and oxygen atoms in total. The zero-order chi connectivity index (χ0) is 28.4. The van der Waals surface area contributed by atoms with Crippen LogP contribution in [-0.4, -0.2) is 91.5 Å². The molecular formula is C23H42N3O9PS. The topological polar surface area (TPSA) is 153 Å². The fourth-order valence-electron chi connectivity index (χ4n) is 2.68. The maximum atomic E-state index is 12.1. The third-order valence-electron chi connectivity index (χ3n) is 4.44. The lowest BCUT2D eigenvalue weighted by Crippen LogP contribution is -2.29. The van der Waals surface area contributed by atoms with Crippen LogP contribution in [-0.2, 0) is 37.7 Å². The highest BCUT2D eigenvalue weighted by Gasteiger charge is 2.29. The van der Waals surface area contributed by atoms with Crippen LogP contribution in [0.3, 0.4) is 0 Å². The van der Waals surface area contributed by atoms with Gasteiger partial charge in [-0.05, 0) is 26.7 Å². The zero-order valence-electron chi connectivity index (χ0n) is 22.7. The van der Waals surface area contributed by atoms with E-state index in [1.54, 1.807) is 32.0 Å². The van der Waals surface area contributed by atoms with Crippen molar-refractivity contribution >= 4 is 43.7 Å². The molecule has 1 heterocycles. The second-order valence-electron chi connectivity index (χ2n) is 9.04. The molecule has 0 aromatic carbocycles. The van der Waals surface area contributed by atoms with E-state index in [0.717, 1.165) is 20.0 Å². The third kappa shape index (κ3) is 16.8. The average Bonchev–Trinajstić information content (AvgIpc) is 3.31. The largest absolute Gasteiger partial charge is 0.462 e. The van der Waals surface area contributed by atoms with Gasteiger partial charge in [-0.2, -0.15) is 0 Å². The summed E-state index contributed by atoms with van der Waals surface area (Å²) in [5.74, 6) is -0.467. The van der Waals surface area contributed by atoms with Crippen molar-refractivity contribution in [3.63, 3.8) is 0 Å². The third-order valence-corrected chi connectivity index (χ3v) is 6.90. The van der Waals surface area contributed by atoms with E-state index < -0.39 is 25.8 Å². The number of carbonyl (C=O) groups is 4. The number of hydrogen-bond acceptors (Lipinski definition) is 12. The Balaban J connectivity index is 0.00000631. The lowest BCUT2D eigenvalue weighted by molar-refractivity contribution is -0.146. The maximum Gasteiger partial charge on any atom is 0.320 e. The quantitative estimate of drug-likeness (QED) is 0.0871. The van der Waals surface area contributed by atoms with Gasteiger partial charge in [-0.3, -0.25) is 24.5 Å². The fraction of sp³-hybridized carbons (Fsp3) is 0.739. The number of amides is 2. The molecule has 0 aliphatic carbocycles. The van der Waals surface area contributed by atoms with Crippen molar-refractivity contribution in [2.45, 2.75) is 65.9 Å². The molecule has 214 valence electrons. The van der Waals surface area contributed by atoms with Crippen molar-refractivity contribution in [2.24, 2.45) is 5.41 Å². The van der Waals surface area contributed by atoms with Crippen LogP contribution >= 0.6 is 20.3 Å². The lowest BCUT2D eigenvalue weighted by atomic mass is 10.00. The van der Waals surface area contributed by atoms with E-state index in [1.165, 1.54) is 17.8 Å². The number of aliphatic hydroxyl groups excluding tert-OH is 1. The summed E-state index contributed by atoms with van der Waals surface area (Å²) < 4.78 is 22.8. The summed E-state index contributed by atoms with van der Waals surface area (Å²) in [5.41, 5.74) is -0.429. The molecule has 2 amide bonds. The fourth-order valence-corrected chi connectivity index (χ4v) is 4.66. The van der Waals surface area contributed by atoms with Crippen molar-refractivity contribution in [3.8, 4) is 0 Å². The standard InChI is InChI=1S/C22H38N3O8PS.CH4O/c1-16(2)32-20(28)13-24-34(30-11-12-35-21(29)22(3,4)5)31-14-17-7-8-19(33-17)25(6)10-9-18(27)23-15-26;1-2/h9-10,15-17,19,24H,7-8,11-14H2,1-6H3,(H,23,26,27);2H,1H3/b10-9-;. The molecular weight excluding hydrogens is 525 g/mol. The number of nitrogens with zero attached hydrogens (tertiary/aromatic N) is 1. The number of imide groups is 1. The monoisotopic (exact) mass is 567 g/mol. The molecule has 1 aliphatic heterocycles. The first-order valence-corrected chi connectivity index (χ1v) is 14.0. The number of hydrogen-bond donors (Lipinski definition) is 3. The maximum absolute atomic E-state index is 12.1. The van der Waals surface area contributed by atoms with Crippen molar-refractivity contribution in [1.29, 1.82) is 0 Å². The molecule has 0 spiro atoms. The number of rotatable bonds is 15. The first kappa shape index (κ1) is 35.4. The van der Waals surface area contributed by atoms with Gasteiger partial charge in [0.2, 0.25) is 6.41 Å². The molecule has 0 saturated carbocycles. The minimum Gasteiger partial charge on any atom is -0.462 e. The van der Waals surface area contributed by atoms with Crippen LogP contribution in [0.4, 0.5) is 0 Å². The van der Waals surface area contributed by atoms with Gasteiger partial charge in [0.05, 0.1) is 25.4 Å². The summed E-state index contributed by atoms with van der Waals surface area (Å²) in [7, 11) is 1.16. The average molecular weight is 568 g/mol. The van der Waals surface area contributed by atoms with Crippen molar-refractivity contribution in [3.05, 3.63) is 12.3 Å². The molecule has 3 unspecified atom stereocenters. The summed E-state index contributed by atoms with van der Waals surface area (Å²) in [4.78, 5) is 47.4. The van der Waals surface area contributed by atoms with E-state index >= 15 is 0 Å². The molecule has 3 atom stereocenters. The van der Waals surface area contributed by atoms with Gasteiger partial charge in [-0.1, -0.05) is 32.5 Å². The van der Waals surface area contributed by atoms with Gasteiger partial charge in [0.1, 0.15) is 12.8 Å². The van der Waals surface area contributed by atoms with E-state index in [2.05, 4.69) is 5.09 Å². The second kappa shape index (κ2) is 19.5. The van der Waals surface area contributed by atoms with E-state index in [-0.39, 0.29) is 43.3 Å². The molecule has 0 aromatic heterocycles. The van der Waals surface area contributed by atoms with E-state index in [9.17, 15) is 19.2 Å². The molecule has 0 aromatic rings. The van der Waals surface area contributed by atoms with Gasteiger partial charge in [-0.15, -0.1) is 0 Å². The molecule has 1 fully saturated rings. The van der Waals surface area contributed by atoms with Crippen molar-refractivity contribution in [1.82, 2.24) is 15.3 Å². The second-order valence-corrected chi connectivity index (χ2v) is 11.5. The van der Waals surface area contributed by atoms with Crippen LogP contribution in [0.25, 0.3) is 0 Å². The van der Waals surface area contributed by atoms with Gasteiger partial charge in [0.25, 0.3) is 14.4 Å². The highest BCUT2D eigenvalue weighted by molar-refractivity contribution is 8.13. The van der Waals surface area contributed by atoms with E-state index in [1.807, 2.05) is 26.1 Å². The summed E-state index contributed by atoms with van der Waals surface area (Å²) in [5, 5.41) is 12.1. The first-order valence-electron chi connectivity index (χ1n) is 11.8. The predicted octanol–water partition coefficient (Wildman–Crippen LogP) is 1.93. The predicted molar refractivity (Wildman–Crippen MR) is 142 cm³/mol. The Morgan fingerprint density at radius 1 is 1.22 bits per heavy atom. The Hall–Kier alpha value is -1.60. The van der Waals surface area contributed by atoms with Gasteiger partial charge in [0, 0.05) is 37.6 Å². The Morgan fingerprint density at radius 3 is 2.49 bits per heavy atom. The SMILES string of the molecule is CC(C)OC(=O)CNP(OCCSC(=O)C(C)(C)C)OCC1CCC(N(C)/C=C\C(=O)NC=O)O1.CO. The molecule has 0 radical (unpaired) electrons. The number of nitrogens with one attached hydrogen (secondary N) is 2. The van der Waals surface area contributed by atoms with Gasteiger partial charge < -0.3 is 28.5 Å². The number of carbonyl (C=O) groups excluding carboxylic acids is 4. The Labute approximate surface area is 225 Å². The summed E-state index contributed by atoms with van der Waals surface area (Å²) >= 11 is 1.20. The minimum atomic E-state index is -1.61. The minimum absolute atomic E-state index is 0.0670. The number of esters is 1. The number of aliphatic hydroxyl groups is 1. The highest BCUT2D eigenvalue weighted by atomic mass is 32.2. The molecule has 1 rings (SSSR count). The Kier molecular flexibility index (Phi) is 18.6. The van der Waals surface area contributed by atoms with Crippen LogP contribution in [0.15, 0.2) is 12.3 Å². The van der Waals surface area contributed by atoms with Crippen LogP contribution in [0, 0.1) is 5.41 Å². The first-order chi connectivity index (χ1) is 17.4. The van der Waals surface area contributed by atoms with Crippen LogP contribution in [0.5, 0.6) is 0 Å². The lowest BCUT2D eigenvalue weighted by Gasteiger charge is -2.24. The molecule has 1 aliphatic rings. The smallest absolute Gasteiger partial charge is 0.320 e. The zero-order valence-corrected chi connectivity index (χ0v) is 24.4. The van der Waals surface area contributed by atoms with Crippen LogP contribution in [0.1, 0.15) is 47.5 Å². The number of thioether (sulfide) groups is 1. The summed E-state index contributed by atoms with van der Waals surface area (Å²) in [6, 6.07) is 0. The van der Waals surface area contributed by atoms with Gasteiger partial charge >= 0.3 is 5.97 Å².